The Hall–Kier alpha value is -6.94. The Morgan fingerprint density at radius 1 is 1.01 bits per heavy atom. The van der Waals surface area contributed by atoms with Gasteiger partial charge in [0.15, 0.2) is 5.82 Å². The van der Waals surface area contributed by atoms with Gasteiger partial charge in [0.1, 0.15) is 40.9 Å². The topological polar surface area (TPSA) is 204 Å². The maximum Gasteiger partial charge on any atom is 0.243 e. The summed E-state index contributed by atoms with van der Waals surface area (Å²) in [6.07, 6.45) is 1.37. The van der Waals surface area contributed by atoms with Crippen LogP contribution in [0.1, 0.15) is 83.2 Å². The largest absolute Gasteiger partial charge is 0.494 e. The molecule has 2 aliphatic rings. The molecule has 3 N–H and O–H groups in total. The van der Waals surface area contributed by atoms with Crippen LogP contribution in [0.4, 0.5) is 18.9 Å². The summed E-state index contributed by atoms with van der Waals surface area (Å²) in [5.41, 5.74) is 5.03. The molecule has 0 bridgehead atoms. The lowest BCUT2D eigenvalue weighted by molar-refractivity contribution is -0.140. The van der Waals surface area contributed by atoms with Crippen molar-refractivity contribution >= 4 is 56.5 Å². The number of ether oxygens (including phenoxy) is 1. The number of likely N-dealkylation sites (tertiary alicyclic amines) is 1. The van der Waals surface area contributed by atoms with Crippen LogP contribution >= 0.6 is 11.3 Å². The fourth-order valence-electron chi connectivity index (χ4n) is 9.16. The van der Waals surface area contributed by atoms with Gasteiger partial charge in [-0.25, -0.2) is 36.6 Å². The molecule has 2 amide bonds. The molecule has 0 saturated carbocycles. The molecule has 16 nitrogen and oxygen atoms in total. The molecule has 0 aliphatic carbocycles. The number of nitrogens with one attached hydrogen (secondary N) is 2. The fraction of sp³-hybridized carbons (Fsp3) is 0.320. The number of aromatic amines is 1. The average Bonchev–Trinajstić information content (AvgIpc) is 4.22. The highest BCUT2D eigenvalue weighted by atomic mass is 32.2. The number of benzene rings is 3. The van der Waals surface area contributed by atoms with Crippen LogP contribution in [0, 0.1) is 25.5 Å². The molecule has 370 valence electrons. The van der Waals surface area contributed by atoms with E-state index in [-0.39, 0.29) is 80.0 Å². The molecule has 21 heteroatoms. The summed E-state index contributed by atoms with van der Waals surface area (Å²) >= 11 is 1.56. The zero-order valence-corrected chi connectivity index (χ0v) is 40.4. The van der Waals surface area contributed by atoms with Crippen LogP contribution in [-0.2, 0) is 20.5 Å². The van der Waals surface area contributed by atoms with Gasteiger partial charge >= 0.3 is 0 Å². The van der Waals surface area contributed by atoms with Gasteiger partial charge in [-0.15, -0.1) is 11.3 Å². The van der Waals surface area contributed by atoms with Crippen molar-refractivity contribution in [3.8, 4) is 27.3 Å². The van der Waals surface area contributed by atoms with Crippen molar-refractivity contribution in [2.24, 2.45) is 0 Å². The number of amides is 2. The maximum absolute atomic E-state index is 16.1. The number of β-amino-alcohol motifs (C(OH)–C–C–N with tert-alkyl or cyclic N) is 1. The second-order valence-electron chi connectivity index (χ2n) is 17.7. The second kappa shape index (κ2) is 20.8. The quantitative estimate of drug-likeness (QED) is 0.0397. The third-order valence-electron chi connectivity index (χ3n) is 12.8. The molecule has 3 aromatic carbocycles. The Morgan fingerprint density at radius 3 is 2.45 bits per heavy atom. The fourth-order valence-corrected chi connectivity index (χ4v) is 10.7. The van der Waals surface area contributed by atoms with Crippen molar-refractivity contribution in [2.45, 2.75) is 76.7 Å². The van der Waals surface area contributed by atoms with Gasteiger partial charge in [0, 0.05) is 54.5 Å². The van der Waals surface area contributed by atoms with Gasteiger partial charge < -0.3 is 29.6 Å². The summed E-state index contributed by atoms with van der Waals surface area (Å²) in [7, 11) is -3.51. The summed E-state index contributed by atoms with van der Waals surface area (Å²) in [4.78, 5) is 56.1. The van der Waals surface area contributed by atoms with E-state index in [1.165, 1.54) is 11.1 Å². The minimum Gasteiger partial charge on any atom is -0.494 e. The lowest BCUT2D eigenvalue weighted by Crippen LogP contribution is -2.48. The van der Waals surface area contributed by atoms with Crippen molar-refractivity contribution in [1.29, 1.82) is 0 Å². The number of alkyl halides is 1. The smallest absolute Gasteiger partial charge is 0.243 e. The van der Waals surface area contributed by atoms with E-state index in [4.69, 9.17) is 9.26 Å². The highest BCUT2D eigenvalue weighted by Gasteiger charge is 2.43. The molecular weight excluding hydrogens is 962 g/mol. The normalized spacial score (nSPS) is 18.0. The van der Waals surface area contributed by atoms with Crippen LogP contribution in [0.25, 0.3) is 32.6 Å². The van der Waals surface area contributed by atoms with E-state index >= 15 is 8.78 Å². The van der Waals surface area contributed by atoms with Crippen molar-refractivity contribution in [3.05, 3.63) is 136 Å². The van der Waals surface area contributed by atoms with Gasteiger partial charge in [0.05, 0.1) is 58.6 Å². The van der Waals surface area contributed by atoms with E-state index in [1.807, 2.05) is 38.1 Å². The Labute approximate surface area is 411 Å². The zero-order chi connectivity index (χ0) is 50.1. The second-order valence-corrected chi connectivity index (χ2v) is 19.4. The molecule has 7 aromatic rings. The SMILES string of the molecule is Cc1cc([C@@H](CCCOc2ccc(-c3cnc4[nH]cc(C(=O)c5c(F)ccc(N(N6CC[C@@H](F)C6)[SH](=O)=O)c5F)c4c3)cc2)C(=O)N2C[C@H](O)C[C@H]2C(=O)N[C@@H](C)c2ccc(-c3scnc3C)cc2)on1. The van der Waals surface area contributed by atoms with Crippen LogP contribution in [0.5, 0.6) is 5.75 Å². The molecule has 0 spiro atoms. The van der Waals surface area contributed by atoms with Gasteiger partial charge in [0.25, 0.3) is 0 Å². The van der Waals surface area contributed by atoms with Crippen LogP contribution in [0.2, 0.25) is 0 Å². The summed E-state index contributed by atoms with van der Waals surface area (Å²) in [6, 6.07) is 18.6. The number of aromatic nitrogens is 4. The van der Waals surface area contributed by atoms with Gasteiger partial charge in [-0.1, -0.05) is 41.6 Å². The van der Waals surface area contributed by atoms with Crippen LogP contribution in [0.15, 0.2) is 95.2 Å². The number of H-pyrrole nitrogens is 1. The summed E-state index contributed by atoms with van der Waals surface area (Å²) in [5.74, 6) is -4.40. The third-order valence-corrected chi connectivity index (χ3v) is 14.6. The van der Waals surface area contributed by atoms with Crippen LogP contribution in [0.3, 0.4) is 0 Å². The van der Waals surface area contributed by atoms with E-state index in [0.717, 1.165) is 38.8 Å². The lowest BCUT2D eigenvalue weighted by atomic mass is 9.97. The van der Waals surface area contributed by atoms with Crippen molar-refractivity contribution in [2.75, 3.05) is 30.7 Å². The Kier molecular flexibility index (Phi) is 14.4. The number of aryl methyl sites for hydroxylation is 2. The predicted molar refractivity (Wildman–Crippen MR) is 259 cm³/mol. The highest BCUT2D eigenvalue weighted by Crippen LogP contribution is 2.35. The molecule has 2 saturated heterocycles. The summed E-state index contributed by atoms with van der Waals surface area (Å²) in [5, 5.41) is 19.1. The van der Waals surface area contributed by atoms with Crippen molar-refractivity contribution in [1.82, 2.24) is 35.3 Å². The number of pyridine rings is 1. The highest BCUT2D eigenvalue weighted by molar-refractivity contribution is 7.73. The number of aliphatic hydroxyl groups is 1. The molecule has 5 atom stereocenters. The third kappa shape index (κ3) is 10.3. The van der Waals surface area contributed by atoms with E-state index in [2.05, 4.69) is 25.4 Å². The predicted octanol–water partition coefficient (Wildman–Crippen LogP) is 7.54. The first-order valence-electron chi connectivity index (χ1n) is 22.9. The van der Waals surface area contributed by atoms with Crippen molar-refractivity contribution < 1.29 is 50.3 Å². The zero-order valence-electron chi connectivity index (χ0n) is 38.7. The van der Waals surface area contributed by atoms with Gasteiger partial charge in [-0.3, -0.25) is 14.4 Å². The molecule has 9 rings (SSSR count). The first kappa shape index (κ1) is 49.1. The number of halogens is 3. The van der Waals surface area contributed by atoms with E-state index in [0.29, 0.717) is 39.2 Å². The van der Waals surface area contributed by atoms with Crippen LogP contribution in [-0.4, -0.2) is 106 Å². The van der Waals surface area contributed by atoms with Crippen LogP contribution < -0.4 is 14.5 Å². The number of rotatable bonds is 17. The number of aliphatic hydroxyl groups excluding tert-OH is 1. The van der Waals surface area contributed by atoms with E-state index in [9.17, 15) is 32.3 Å². The minimum absolute atomic E-state index is 0.0222. The first-order chi connectivity index (χ1) is 34.1. The number of carbonyl (C=O) groups excluding carboxylic acids is 3. The molecule has 2 fully saturated rings. The number of hydrogen-bond donors (Lipinski definition) is 4. The molecule has 71 heavy (non-hydrogen) atoms. The summed E-state index contributed by atoms with van der Waals surface area (Å²) < 4.78 is 82.0. The van der Waals surface area contributed by atoms with Gasteiger partial charge in [0.2, 0.25) is 28.5 Å². The molecule has 0 unspecified atom stereocenters. The number of thiol groups is 1. The number of carbonyl (C=O) groups is 3. The van der Waals surface area contributed by atoms with Gasteiger partial charge in [-0.2, -0.15) is 4.41 Å². The molecule has 4 aromatic heterocycles. The Morgan fingerprint density at radius 2 is 1.77 bits per heavy atom. The number of thiazole rings is 1. The minimum atomic E-state index is -3.51. The Balaban J connectivity index is 0.843. The molecular formula is C50H49F3N8O8S2. The standard InChI is InChI=1S/C50H49F3N8O8S2/c1-27-19-43(69-58-27)37(50(65)60-25-35(62)21-42(60)49(64)57-28(2)30-6-8-32(9-7-30)47-29(3)56-26-70-47)5-4-18-68-36-12-10-31(11-13-36)33-20-38-39(23-55-48(38)54-22-33)46(63)44-40(52)14-15-41(45(44)53)61(71(66)67)59-17-16-34(51)24-59/h6-15,19-20,22-23,26,28,34-35,37,42,62,71H,4-5,16-18,21,24-25H2,1-3H3,(H,54,55)(H,57,64)/t28-,34+,35+,37+,42-/m0/s1. The van der Waals surface area contributed by atoms with Gasteiger partial charge in [-0.05, 0) is 87.1 Å². The van der Waals surface area contributed by atoms with E-state index in [1.54, 1.807) is 66.4 Å². The summed E-state index contributed by atoms with van der Waals surface area (Å²) in [6.45, 7) is 5.41. The number of nitrogens with zero attached hydrogens (tertiary/aromatic N) is 6. The molecule has 0 radical (unpaired) electrons. The number of ketones is 1. The maximum atomic E-state index is 16.1. The number of fused-ring (bicyclic) bond motifs is 1. The first-order valence-corrected chi connectivity index (χ1v) is 24.9. The van der Waals surface area contributed by atoms with Crippen molar-refractivity contribution in [3.63, 3.8) is 0 Å². The molecule has 6 heterocycles. The molecule has 2 aliphatic heterocycles. The number of hydrogen-bond acceptors (Lipinski definition) is 13. The average molecular weight is 1010 g/mol. The van der Waals surface area contributed by atoms with E-state index < -0.39 is 63.8 Å². The Bertz CT molecular complexity index is 3170. The number of anilines is 1. The monoisotopic (exact) mass is 1010 g/mol. The number of hydrazine groups is 1. The lowest BCUT2D eigenvalue weighted by Gasteiger charge is -2.28.